The molecule has 0 aliphatic heterocycles. The van der Waals surface area contributed by atoms with Crippen molar-refractivity contribution >= 4 is 0 Å². The summed E-state index contributed by atoms with van der Waals surface area (Å²) in [7, 11) is 3.36. The van der Waals surface area contributed by atoms with Crippen LogP contribution in [0.2, 0.25) is 0 Å². The number of para-hydroxylation sites is 1. The van der Waals surface area contributed by atoms with Crippen LogP contribution in [0.3, 0.4) is 0 Å². The van der Waals surface area contributed by atoms with Crippen LogP contribution in [0, 0.1) is 0 Å². The van der Waals surface area contributed by atoms with E-state index in [0.29, 0.717) is 12.2 Å². The van der Waals surface area contributed by atoms with Gasteiger partial charge in [0.2, 0.25) is 0 Å². The Morgan fingerprint density at radius 1 is 1.41 bits per heavy atom. The maximum absolute atomic E-state index is 6.12. The number of aryl methyl sites for hydroxylation is 1. The predicted molar refractivity (Wildman–Crippen MR) is 62.4 cm³/mol. The quantitative estimate of drug-likeness (QED) is 0.830. The molecular weight excluding hydrogens is 218 g/mol. The lowest BCUT2D eigenvalue weighted by Gasteiger charge is -2.13. The molecule has 1 aromatic heterocycles. The molecule has 0 amide bonds. The molecule has 0 bridgehead atoms. The summed E-state index contributed by atoms with van der Waals surface area (Å²) in [6.07, 6.45) is 0.536. The van der Waals surface area contributed by atoms with Crippen LogP contribution in [0.1, 0.15) is 17.4 Å². The third-order valence-corrected chi connectivity index (χ3v) is 2.49. The van der Waals surface area contributed by atoms with Gasteiger partial charge in [0.05, 0.1) is 14.2 Å². The first-order chi connectivity index (χ1) is 8.20. The summed E-state index contributed by atoms with van der Waals surface area (Å²) in [5.74, 6) is 1.41. The smallest absolute Gasteiger partial charge is 0.176 e. The zero-order valence-electron chi connectivity index (χ0n) is 9.87. The lowest BCUT2D eigenvalue weighted by Crippen LogP contribution is -2.15. The fourth-order valence-electron chi connectivity index (χ4n) is 1.68. The molecule has 1 atom stereocenters. The van der Waals surface area contributed by atoms with Gasteiger partial charge < -0.3 is 10.5 Å². The van der Waals surface area contributed by atoms with E-state index in [-0.39, 0.29) is 6.04 Å². The first kappa shape index (κ1) is 11.5. The normalized spacial score (nSPS) is 12.4. The summed E-state index contributed by atoms with van der Waals surface area (Å²) < 4.78 is 5.27. The van der Waals surface area contributed by atoms with E-state index in [1.165, 1.54) is 4.80 Å². The Morgan fingerprint density at radius 3 is 2.82 bits per heavy atom. The molecule has 1 heterocycles. The van der Waals surface area contributed by atoms with Crippen molar-refractivity contribution in [3.63, 3.8) is 0 Å². The van der Waals surface area contributed by atoms with Crippen LogP contribution in [0.25, 0.3) is 0 Å². The second-order valence-corrected chi connectivity index (χ2v) is 3.75. The Morgan fingerprint density at radius 2 is 2.18 bits per heavy atom. The number of nitrogens with zero attached hydrogens (tertiary/aromatic N) is 4. The molecule has 6 heteroatoms. The standard InChI is InChI=1S/C11H15N5O/c1-16-14-11(13-15-16)7-9(12)8-5-3-4-6-10(8)17-2/h3-6,9H,7,12H2,1-2H3. The van der Waals surface area contributed by atoms with Gasteiger partial charge in [-0.1, -0.05) is 18.2 Å². The third kappa shape index (κ3) is 2.59. The molecule has 2 N–H and O–H groups in total. The Kier molecular flexibility index (Phi) is 3.34. The number of aromatic nitrogens is 4. The second kappa shape index (κ2) is 4.92. The van der Waals surface area contributed by atoms with E-state index < -0.39 is 0 Å². The lowest BCUT2D eigenvalue weighted by molar-refractivity contribution is 0.405. The van der Waals surface area contributed by atoms with Crippen molar-refractivity contribution in [2.75, 3.05) is 7.11 Å². The van der Waals surface area contributed by atoms with E-state index >= 15 is 0 Å². The number of nitrogens with two attached hydrogens (primary N) is 1. The van der Waals surface area contributed by atoms with Gasteiger partial charge in [-0.3, -0.25) is 0 Å². The minimum absolute atomic E-state index is 0.199. The molecule has 0 saturated heterocycles. The fraction of sp³-hybridized carbons (Fsp3) is 0.364. The topological polar surface area (TPSA) is 78.9 Å². The van der Waals surface area contributed by atoms with Crippen LogP contribution in [0.4, 0.5) is 0 Å². The molecule has 0 saturated carbocycles. The first-order valence-corrected chi connectivity index (χ1v) is 5.32. The van der Waals surface area contributed by atoms with Crippen molar-refractivity contribution in [2.45, 2.75) is 12.5 Å². The van der Waals surface area contributed by atoms with Crippen LogP contribution < -0.4 is 10.5 Å². The van der Waals surface area contributed by atoms with Crippen molar-refractivity contribution < 1.29 is 4.74 Å². The van der Waals surface area contributed by atoms with Crippen LogP contribution in [0.15, 0.2) is 24.3 Å². The molecule has 2 rings (SSSR count). The molecule has 0 spiro atoms. The number of tetrazole rings is 1. The molecule has 6 nitrogen and oxygen atoms in total. The van der Waals surface area contributed by atoms with E-state index in [4.69, 9.17) is 10.5 Å². The maximum Gasteiger partial charge on any atom is 0.176 e. The van der Waals surface area contributed by atoms with E-state index in [0.717, 1.165) is 11.3 Å². The summed E-state index contributed by atoms with van der Waals surface area (Å²) in [5, 5.41) is 11.8. The lowest BCUT2D eigenvalue weighted by atomic mass is 10.0. The Balaban J connectivity index is 2.16. The molecule has 17 heavy (non-hydrogen) atoms. The summed E-state index contributed by atoms with van der Waals surface area (Å²) >= 11 is 0. The summed E-state index contributed by atoms with van der Waals surface area (Å²) in [6, 6.07) is 7.48. The molecule has 0 aliphatic carbocycles. The summed E-state index contributed by atoms with van der Waals surface area (Å²) in [6.45, 7) is 0. The number of ether oxygens (including phenoxy) is 1. The van der Waals surface area contributed by atoms with E-state index in [1.807, 2.05) is 24.3 Å². The van der Waals surface area contributed by atoms with Gasteiger partial charge in [0, 0.05) is 18.0 Å². The van der Waals surface area contributed by atoms with Crippen LogP contribution in [0.5, 0.6) is 5.75 Å². The predicted octanol–water partition coefficient (Wildman–Crippen LogP) is 0.461. The van der Waals surface area contributed by atoms with Crippen LogP contribution in [-0.2, 0) is 13.5 Å². The van der Waals surface area contributed by atoms with Gasteiger partial charge in [0.1, 0.15) is 5.75 Å². The van der Waals surface area contributed by atoms with E-state index in [1.54, 1.807) is 14.2 Å². The van der Waals surface area contributed by atoms with Crippen molar-refractivity contribution in [1.82, 2.24) is 20.2 Å². The largest absolute Gasteiger partial charge is 0.496 e. The number of rotatable bonds is 4. The minimum Gasteiger partial charge on any atom is -0.496 e. The maximum atomic E-state index is 6.12. The van der Waals surface area contributed by atoms with Crippen LogP contribution >= 0.6 is 0 Å². The average molecular weight is 233 g/mol. The molecule has 0 radical (unpaired) electrons. The van der Waals surface area contributed by atoms with Crippen LogP contribution in [-0.4, -0.2) is 27.3 Å². The minimum atomic E-state index is -0.199. The Bertz CT molecular complexity index is 496. The van der Waals surface area contributed by atoms with Gasteiger partial charge in [-0.15, -0.1) is 10.2 Å². The van der Waals surface area contributed by atoms with Gasteiger partial charge >= 0.3 is 0 Å². The zero-order valence-corrected chi connectivity index (χ0v) is 9.87. The van der Waals surface area contributed by atoms with Crippen molar-refractivity contribution in [2.24, 2.45) is 12.8 Å². The molecule has 2 aromatic rings. The fourth-order valence-corrected chi connectivity index (χ4v) is 1.68. The van der Waals surface area contributed by atoms with Crippen molar-refractivity contribution in [3.05, 3.63) is 35.7 Å². The summed E-state index contributed by atoms with van der Waals surface area (Å²) in [4.78, 5) is 1.42. The molecule has 0 aliphatic rings. The van der Waals surface area contributed by atoms with Gasteiger partial charge in [-0.05, 0) is 11.3 Å². The van der Waals surface area contributed by atoms with Gasteiger partial charge in [-0.2, -0.15) is 4.80 Å². The highest BCUT2D eigenvalue weighted by Gasteiger charge is 2.14. The number of hydrogen-bond donors (Lipinski definition) is 1. The Hall–Kier alpha value is -1.95. The number of benzene rings is 1. The van der Waals surface area contributed by atoms with E-state index in [2.05, 4.69) is 15.4 Å². The van der Waals surface area contributed by atoms with Crippen molar-refractivity contribution in [1.29, 1.82) is 0 Å². The monoisotopic (exact) mass is 233 g/mol. The molecular formula is C11H15N5O. The highest BCUT2D eigenvalue weighted by atomic mass is 16.5. The van der Waals surface area contributed by atoms with Crippen molar-refractivity contribution in [3.8, 4) is 5.75 Å². The highest BCUT2D eigenvalue weighted by molar-refractivity contribution is 5.35. The second-order valence-electron chi connectivity index (χ2n) is 3.75. The average Bonchev–Trinajstić information content (AvgIpc) is 2.74. The van der Waals surface area contributed by atoms with Gasteiger partial charge in [0.25, 0.3) is 0 Å². The van der Waals surface area contributed by atoms with Gasteiger partial charge in [0.15, 0.2) is 5.82 Å². The van der Waals surface area contributed by atoms with Gasteiger partial charge in [-0.25, -0.2) is 0 Å². The zero-order chi connectivity index (χ0) is 12.3. The van der Waals surface area contributed by atoms with E-state index in [9.17, 15) is 0 Å². The SMILES string of the molecule is COc1ccccc1C(N)Cc1nnn(C)n1. The molecule has 1 unspecified atom stereocenters. The third-order valence-electron chi connectivity index (χ3n) is 2.49. The Labute approximate surface area is 99.4 Å². The molecule has 0 fully saturated rings. The first-order valence-electron chi connectivity index (χ1n) is 5.32. The highest BCUT2D eigenvalue weighted by Crippen LogP contribution is 2.24. The summed E-state index contributed by atoms with van der Waals surface area (Å²) in [5.41, 5.74) is 7.06. The molecule has 90 valence electrons. The number of hydrogen-bond acceptors (Lipinski definition) is 5. The number of methoxy groups -OCH3 is 1. The molecule has 1 aromatic carbocycles.